The van der Waals surface area contributed by atoms with Gasteiger partial charge in [0.15, 0.2) is 11.6 Å². The Morgan fingerprint density at radius 3 is 2.33 bits per heavy atom. The SMILES string of the molecule is COc1ccc(CN(c2ccncn2)S(=O)(=O)c2ccc3c(-c4ccc(-c5ccc(F)c(F)c5)nc4OC)nccc3c2)cc1. The van der Waals surface area contributed by atoms with Crippen molar-refractivity contribution in [1.82, 2.24) is 19.9 Å². The molecule has 6 aromatic rings. The van der Waals surface area contributed by atoms with Crippen molar-refractivity contribution < 1.29 is 26.7 Å². The van der Waals surface area contributed by atoms with Crippen LogP contribution in [0.25, 0.3) is 33.3 Å². The van der Waals surface area contributed by atoms with Crippen LogP contribution in [0.2, 0.25) is 0 Å². The first-order valence-electron chi connectivity index (χ1n) is 13.6. The van der Waals surface area contributed by atoms with Gasteiger partial charge in [-0.1, -0.05) is 18.2 Å². The number of fused-ring (bicyclic) bond motifs is 1. The maximum Gasteiger partial charge on any atom is 0.265 e. The van der Waals surface area contributed by atoms with Gasteiger partial charge in [0.25, 0.3) is 10.0 Å². The van der Waals surface area contributed by atoms with E-state index in [4.69, 9.17) is 9.47 Å². The molecule has 3 aromatic heterocycles. The molecule has 226 valence electrons. The van der Waals surface area contributed by atoms with Gasteiger partial charge in [0.2, 0.25) is 5.88 Å². The molecule has 12 heteroatoms. The van der Waals surface area contributed by atoms with E-state index in [1.165, 1.54) is 42.1 Å². The Hall–Kier alpha value is -5.49. The number of nitrogens with zero attached hydrogens (tertiary/aromatic N) is 5. The molecule has 0 saturated carbocycles. The van der Waals surface area contributed by atoms with Crippen LogP contribution in [0.15, 0.2) is 109 Å². The maximum atomic E-state index is 14.1. The number of ether oxygens (including phenoxy) is 2. The minimum absolute atomic E-state index is 0.0240. The van der Waals surface area contributed by atoms with Gasteiger partial charge >= 0.3 is 0 Å². The standard InChI is InChI=1S/C33H25F2N5O4S/c1-43-24-6-3-21(4-7-24)19-40(31-14-15-36-20-38-31)45(41,42)25-8-9-26-22(17-25)13-16-37-32(26)27-10-12-30(39-33(27)44-2)23-5-11-28(34)29(35)18-23/h3-18,20H,19H2,1-2H3. The molecule has 3 aromatic carbocycles. The van der Waals surface area contributed by atoms with Crippen LogP contribution in [0.4, 0.5) is 14.6 Å². The molecule has 0 N–H and O–H groups in total. The summed E-state index contributed by atoms with van der Waals surface area (Å²) in [5.74, 6) is -0.859. The molecule has 6 rings (SSSR count). The van der Waals surface area contributed by atoms with Crippen molar-refractivity contribution in [2.24, 2.45) is 0 Å². The summed E-state index contributed by atoms with van der Waals surface area (Å²) >= 11 is 0. The van der Waals surface area contributed by atoms with Crippen molar-refractivity contribution in [1.29, 1.82) is 0 Å². The molecule has 0 bridgehead atoms. The largest absolute Gasteiger partial charge is 0.497 e. The second-order valence-electron chi connectivity index (χ2n) is 9.85. The zero-order valence-corrected chi connectivity index (χ0v) is 24.9. The Morgan fingerprint density at radius 1 is 0.800 bits per heavy atom. The predicted molar refractivity (Wildman–Crippen MR) is 165 cm³/mol. The molecular formula is C33H25F2N5O4S. The van der Waals surface area contributed by atoms with E-state index in [0.717, 1.165) is 17.7 Å². The zero-order chi connectivity index (χ0) is 31.6. The lowest BCUT2D eigenvalue weighted by atomic mass is 10.0. The van der Waals surface area contributed by atoms with Crippen molar-refractivity contribution in [3.63, 3.8) is 0 Å². The molecule has 0 atom stereocenters. The molecule has 45 heavy (non-hydrogen) atoms. The molecule has 0 saturated heterocycles. The van der Waals surface area contributed by atoms with Crippen LogP contribution in [-0.2, 0) is 16.6 Å². The summed E-state index contributed by atoms with van der Waals surface area (Å²) in [5.41, 5.74) is 2.53. The van der Waals surface area contributed by atoms with Crippen molar-refractivity contribution in [2.75, 3.05) is 18.5 Å². The minimum Gasteiger partial charge on any atom is -0.497 e. The summed E-state index contributed by atoms with van der Waals surface area (Å²) in [5, 5.41) is 1.26. The molecule has 0 aliphatic rings. The summed E-state index contributed by atoms with van der Waals surface area (Å²) in [6.45, 7) is 0.0240. The van der Waals surface area contributed by atoms with E-state index in [1.807, 2.05) is 0 Å². The van der Waals surface area contributed by atoms with Gasteiger partial charge in [0.1, 0.15) is 17.9 Å². The third-order valence-electron chi connectivity index (χ3n) is 7.16. The molecule has 0 unspecified atom stereocenters. The Bertz CT molecular complexity index is 2120. The molecule has 0 fully saturated rings. The number of rotatable bonds is 9. The Balaban J connectivity index is 1.39. The van der Waals surface area contributed by atoms with Gasteiger partial charge in [-0.3, -0.25) is 4.98 Å². The van der Waals surface area contributed by atoms with Gasteiger partial charge in [-0.25, -0.2) is 36.5 Å². The fourth-order valence-electron chi connectivity index (χ4n) is 4.87. The van der Waals surface area contributed by atoms with Gasteiger partial charge in [0.05, 0.1) is 42.6 Å². The fraction of sp³-hybridized carbons (Fsp3) is 0.0909. The molecule has 0 aliphatic heterocycles. The van der Waals surface area contributed by atoms with Crippen LogP contribution in [0.3, 0.4) is 0 Å². The van der Waals surface area contributed by atoms with Crippen LogP contribution >= 0.6 is 0 Å². The van der Waals surface area contributed by atoms with Crippen molar-refractivity contribution in [2.45, 2.75) is 11.4 Å². The average Bonchev–Trinajstić information content (AvgIpc) is 3.08. The van der Waals surface area contributed by atoms with Gasteiger partial charge in [-0.05, 0) is 71.6 Å². The topological polar surface area (TPSA) is 107 Å². The number of methoxy groups -OCH3 is 2. The Labute approximate surface area is 257 Å². The van der Waals surface area contributed by atoms with Crippen LogP contribution < -0.4 is 13.8 Å². The summed E-state index contributed by atoms with van der Waals surface area (Å²) in [4.78, 5) is 17.2. The van der Waals surface area contributed by atoms with Crippen LogP contribution in [-0.4, -0.2) is 42.6 Å². The Morgan fingerprint density at radius 2 is 1.62 bits per heavy atom. The Kier molecular flexibility index (Phi) is 8.05. The predicted octanol–water partition coefficient (Wildman–Crippen LogP) is 6.44. The summed E-state index contributed by atoms with van der Waals surface area (Å²) in [6, 6.07) is 22.0. The smallest absolute Gasteiger partial charge is 0.265 e. The fourth-order valence-corrected chi connectivity index (χ4v) is 6.31. The van der Waals surface area contributed by atoms with E-state index in [-0.39, 0.29) is 23.1 Å². The van der Waals surface area contributed by atoms with Crippen LogP contribution in [0.5, 0.6) is 11.6 Å². The molecule has 0 amide bonds. The third kappa shape index (κ3) is 5.87. The number of benzene rings is 3. The van der Waals surface area contributed by atoms with Gasteiger partial charge in [0, 0.05) is 29.4 Å². The summed E-state index contributed by atoms with van der Waals surface area (Å²) < 4.78 is 67.6. The summed E-state index contributed by atoms with van der Waals surface area (Å²) in [6.07, 6.45) is 4.34. The lowest BCUT2D eigenvalue weighted by Gasteiger charge is -2.24. The number of sulfonamides is 1. The average molecular weight is 626 g/mol. The van der Waals surface area contributed by atoms with E-state index >= 15 is 0 Å². The third-order valence-corrected chi connectivity index (χ3v) is 8.90. The molecule has 0 spiro atoms. The van der Waals surface area contributed by atoms with Crippen molar-refractivity contribution >= 4 is 26.6 Å². The lowest BCUT2D eigenvalue weighted by Crippen LogP contribution is -2.31. The van der Waals surface area contributed by atoms with Crippen molar-refractivity contribution in [3.05, 3.63) is 121 Å². The van der Waals surface area contributed by atoms with E-state index < -0.39 is 21.7 Å². The number of hydrogen-bond acceptors (Lipinski definition) is 8. The van der Waals surface area contributed by atoms with E-state index in [9.17, 15) is 17.2 Å². The first kappa shape index (κ1) is 29.6. The highest BCUT2D eigenvalue weighted by molar-refractivity contribution is 7.92. The number of hydrogen-bond donors (Lipinski definition) is 0. The molecule has 0 aliphatic carbocycles. The monoisotopic (exact) mass is 625 g/mol. The second kappa shape index (κ2) is 12.2. The lowest BCUT2D eigenvalue weighted by molar-refractivity contribution is 0.400. The van der Waals surface area contributed by atoms with Crippen LogP contribution in [0.1, 0.15) is 5.56 Å². The first-order valence-corrected chi connectivity index (χ1v) is 15.0. The van der Waals surface area contributed by atoms with Gasteiger partial charge in [-0.15, -0.1) is 0 Å². The first-order chi connectivity index (χ1) is 21.8. The number of aromatic nitrogens is 4. The molecule has 3 heterocycles. The van der Waals surface area contributed by atoms with E-state index in [1.54, 1.807) is 67.9 Å². The quantitative estimate of drug-likeness (QED) is 0.181. The highest BCUT2D eigenvalue weighted by Gasteiger charge is 2.27. The highest BCUT2D eigenvalue weighted by atomic mass is 32.2. The summed E-state index contributed by atoms with van der Waals surface area (Å²) in [7, 11) is -1.09. The van der Waals surface area contributed by atoms with Gasteiger partial charge < -0.3 is 9.47 Å². The van der Waals surface area contributed by atoms with E-state index in [2.05, 4.69) is 19.9 Å². The molecular weight excluding hydrogens is 600 g/mol. The van der Waals surface area contributed by atoms with E-state index in [0.29, 0.717) is 39.0 Å². The molecule has 0 radical (unpaired) electrons. The highest BCUT2D eigenvalue weighted by Crippen LogP contribution is 2.36. The minimum atomic E-state index is -4.10. The number of halogens is 2. The zero-order valence-electron chi connectivity index (χ0n) is 24.1. The van der Waals surface area contributed by atoms with Crippen LogP contribution in [0, 0.1) is 11.6 Å². The van der Waals surface area contributed by atoms with Crippen molar-refractivity contribution in [3.8, 4) is 34.1 Å². The second-order valence-corrected chi connectivity index (χ2v) is 11.7. The van der Waals surface area contributed by atoms with Gasteiger partial charge in [-0.2, -0.15) is 0 Å². The molecule has 9 nitrogen and oxygen atoms in total. The number of anilines is 1. The normalized spacial score (nSPS) is 11.4. The number of pyridine rings is 2. The maximum absolute atomic E-state index is 14.1.